The molecule has 0 heterocycles. The van der Waals surface area contributed by atoms with E-state index in [0.717, 1.165) is 27.9 Å². The Hall–Kier alpha value is -2.25. The number of rotatable bonds is 4. The van der Waals surface area contributed by atoms with Crippen molar-refractivity contribution in [2.75, 3.05) is 5.32 Å². The van der Waals surface area contributed by atoms with Gasteiger partial charge >= 0.3 is 0 Å². The van der Waals surface area contributed by atoms with Gasteiger partial charge in [0.15, 0.2) is 5.11 Å². The van der Waals surface area contributed by atoms with E-state index in [1.807, 2.05) is 73.7 Å². The van der Waals surface area contributed by atoms with Crippen LogP contribution in [0.4, 0.5) is 5.69 Å². The Balaban J connectivity index is 1.81. The monoisotopic (exact) mass is 500 g/mol. The molecule has 3 aromatic rings. The lowest BCUT2D eigenvalue weighted by molar-refractivity contribution is -0.120. The highest BCUT2D eigenvalue weighted by atomic mass is 127. The van der Waals surface area contributed by atoms with E-state index >= 15 is 0 Å². The minimum Gasteiger partial charge on any atom is -0.332 e. The van der Waals surface area contributed by atoms with Crippen LogP contribution in [0.1, 0.15) is 28.2 Å². The molecule has 0 unspecified atom stereocenters. The average molecular weight is 500 g/mol. The third-order valence-corrected chi connectivity index (χ3v) is 5.88. The fourth-order valence-corrected chi connectivity index (χ4v) is 3.87. The maximum Gasteiger partial charge on any atom is 0.238 e. The zero-order valence-electron chi connectivity index (χ0n) is 15.7. The molecule has 0 aliphatic carbocycles. The van der Waals surface area contributed by atoms with Crippen LogP contribution >= 0.6 is 34.8 Å². The van der Waals surface area contributed by atoms with Crippen LogP contribution in [0, 0.1) is 17.4 Å². The summed E-state index contributed by atoms with van der Waals surface area (Å²) in [5.41, 5.74) is 4.99. The molecule has 2 N–H and O–H groups in total. The van der Waals surface area contributed by atoms with Crippen LogP contribution in [0.5, 0.6) is 0 Å². The second-order valence-corrected chi connectivity index (χ2v) is 8.18. The molecule has 5 heteroatoms. The van der Waals surface area contributed by atoms with Gasteiger partial charge in [0.2, 0.25) is 5.91 Å². The van der Waals surface area contributed by atoms with Crippen molar-refractivity contribution in [2.45, 2.75) is 19.8 Å². The highest BCUT2D eigenvalue weighted by Crippen LogP contribution is 2.25. The van der Waals surface area contributed by atoms with E-state index in [1.54, 1.807) is 0 Å². The number of hydrogen-bond donors (Lipinski definition) is 2. The number of carbonyl (C=O) groups is 1. The summed E-state index contributed by atoms with van der Waals surface area (Å²) in [6, 6.07) is 23.6. The molecule has 0 aliphatic rings. The van der Waals surface area contributed by atoms with Crippen molar-refractivity contribution in [2.24, 2.45) is 0 Å². The van der Waals surface area contributed by atoms with E-state index in [9.17, 15) is 4.79 Å². The standard InChI is InChI=1S/C23H21IN2OS/c1-15-14-20(16(2)13-19(15)24)25-23(28)26-22(27)21(17-9-5-3-6-10-17)18-11-7-4-8-12-18/h3-14,21H,1-2H3,(H2,25,26,27,28). The zero-order chi connectivity index (χ0) is 20.1. The summed E-state index contributed by atoms with van der Waals surface area (Å²) in [6.45, 7) is 4.07. The van der Waals surface area contributed by atoms with Crippen LogP contribution in [-0.2, 0) is 4.79 Å². The van der Waals surface area contributed by atoms with E-state index < -0.39 is 5.92 Å². The van der Waals surface area contributed by atoms with Crippen LogP contribution in [0.2, 0.25) is 0 Å². The smallest absolute Gasteiger partial charge is 0.238 e. The number of aryl methyl sites for hydroxylation is 2. The summed E-state index contributed by atoms with van der Waals surface area (Å²) in [6.07, 6.45) is 0. The predicted octanol–water partition coefficient (Wildman–Crippen LogP) is 5.55. The lowest BCUT2D eigenvalue weighted by Crippen LogP contribution is -2.38. The topological polar surface area (TPSA) is 41.1 Å². The molecule has 0 aromatic heterocycles. The Bertz CT molecular complexity index is 951. The van der Waals surface area contributed by atoms with Crippen molar-refractivity contribution in [3.63, 3.8) is 0 Å². The summed E-state index contributed by atoms with van der Waals surface area (Å²) in [5.74, 6) is -0.587. The van der Waals surface area contributed by atoms with Gasteiger partial charge in [-0.15, -0.1) is 0 Å². The number of carbonyl (C=O) groups excluding carboxylic acids is 1. The van der Waals surface area contributed by atoms with Crippen molar-refractivity contribution in [1.82, 2.24) is 5.32 Å². The summed E-state index contributed by atoms with van der Waals surface area (Å²) in [4.78, 5) is 13.1. The first kappa shape index (κ1) is 20.5. The van der Waals surface area contributed by atoms with Gasteiger partial charge < -0.3 is 10.6 Å². The van der Waals surface area contributed by atoms with Gasteiger partial charge in [0, 0.05) is 9.26 Å². The molecular weight excluding hydrogens is 479 g/mol. The van der Waals surface area contributed by atoms with Crippen LogP contribution in [0.3, 0.4) is 0 Å². The largest absolute Gasteiger partial charge is 0.332 e. The highest BCUT2D eigenvalue weighted by Gasteiger charge is 2.23. The molecule has 28 heavy (non-hydrogen) atoms. The van der Waals surface area contributed by atoms with E-state index in [2.05, 4.69) is 46.2 Å². The van der Waals surface area contributed by atoms with Crippen molar-refractivity contribution < 1.29 is 4.79 Å². The Morgan fingerprint density at radius 3 is 1.96 bits per heavy atom. The third kappa shape index (κ3) is 4.97. The summed E-state index contributed by atoms with van der Waals surface area (Å²) in [7, 11) is 0. The SMILES string of the molecule is Cc1cc(NC(=S)NC(=O)C(c2ccccc2)c2ccccc2)c(C)cc1I. The minimum atomic E-state index is -0.429. The molecule has 0 spiro atoms. The second-order valence-electron chi connectivity index (χ2n) is 6.61. The predicted molar refractivity (Wildman–Crippen MR) is 128 cm³/mol. The first-order chi connectivity index (χ1) is 13.5. The van der Waals surface area contributed by atoms with Crippen LogP contribution < -0.4 is 10.6 Å². The van der Waals surface area contributed by atoms with Crippen molar-refractivity contribution in [1.29, 1.82) is 0 Å². The van der Waals surface area contributed by atoms with E-state index in [0.29, 0.717) is 5.11 Å². The van der Waals surface area contributed by atoms with Gasteiger partial charge in [-0.25, -0.2) is 0 Å². The number of anilines is 1. The van der Waals surface area contributed by atoms with Gasteiger partial charge in [-0.05, 0) is 83.0 Å². The van der Waals surface area contributed by atoms with Gasteiger partial charge in [-0.1, -0.05) is 60.7 Å². The Morgan fingerprint density at radius 1 is 0.893 bits per heavy atom. The molecule has 0 saturated heterocycles. The number of halogens is 1. The summed E-state index contributed by atoms with van der Waals surface area (Å²) in [5, 5.41) is 6.33. The number of amides is 1. The van der Waals surface area contributed by atoms with Gasteiger partial charge in [-0.2, -0.15) is 0 Å². The van der Waals surface area contributed by atoms with Crippen LogP contribution in [0.25, 0.3) is 0 Å². The van der Waals surface area contributed by atoms with Crippen molar-refractivity contribution in [3.8, 4) is 0 Å². The molecule has 3 aromatic carbocycles. The maximum absolute atomic E-state index is 13.1. The molecule has 0 atom stereocenters. The first-order valence-corrected chi connectivity index (χ1v) is 10.4. The Labute approximate surface area is 184 Å². The number of hydrogen-bond acceptors (Lipinski definition) is 2. The molecule has 3 nitrogen and oxygen atoms in total. The first-order valence-electron chi connectivity index (χ1n) is 8.94. The fourth-order valence-electron chi connectivity index (χ4n) is 3.04. The zero-order valence-corrected chi connectivity index (χ0v) is 18.7. The molecule has 0 saturated carbocycles. The summed E-state index contributed by atoms with van der Waals surface area (Å²) >= 11 is 7.73. The average Bonchev–Trinajstić information content (AvgIpc) is 2.68. The van der Waals surface area contributed by atoms with Crippen LogP contribution in [-0.4, -0.2) is 11.0 Å². The summed E-state index contributed by atoms with van der Waals surface area (Å²) < 4.78 is 1.20. The molecule has 1 amide bonds. The molecule has 0 radical (unpaired) electrons. The number of nitrogens with one attached hydrogen (secondary N) is 2. The molecule has 0 bridgehead atoms. The molecule has 0 fully saturated rings. The Kier molecular flexibility index (Phi) is 6.80. The Morgan fingerprint density at radius 2 is 1.43 bits per heavy atom. The van der Waals surface area contributed by atoms with E-state index in [-0.39, 0.29) is 5.91 Å². The lowest BCUT2D eigenvalue weighted by atomic mass is 9.90. The highest BCUT2D eigenvalue weighted by molar-refractivity contribution is 14.1. The minimum absolute atomic E-state index is 0.158. The van der Waals surface area contributed by atoms with Gasteiger partial charge in [-0.3, -0.25) is 4.79 Å². The van der Waals surface area contributed by atoms with Gasteiger partial charge in [0.05, 0.1) is 5.92 Å². The molecule has 3 rings (SSSR count). The van der Waals surface area contributed by atoms with Gasteiger partial charge in [0.1, 0.15) is 0 Å². The fraction of sp³-hybridized carbons (Fsp3) is 0.130. The number of thiocarbonyl (C=S) groups is 1. The number of benzene rings is 3. The van der Waals surface area contributed by atoms with E-state index in [4.69, 9.17) is 12.2 Å². The lowest BCUT2D eigenvalue weighted by Gasteiger charge is -2.19. The normalized spacial score (nSPS) is 10.6. The van der Waals surface area contributed by atoms with Crippen molar-refractivity contribution in [3.05, 3.63) is 98.6 Å². The van der Waals surface area contributed by atoms with E-state index in [1.165, 1.54) is 3.57 Å². The molecule has 142 valence electrons. The maximum atomic E-state index is 13.1. The quantitative estimate of drug-likeness (QED) is 0.365. The van der Waals surface area contributed by atoms with Crippen LogP contribution in [0.15, 0.2) is 72.8 Å². The molecular formula is C23H21IN2OS. The molecule has 0 aliphatic heterocycles. The second kappa shape index (κ2) is 9.30. The van der Waals surface area contributed by atoms with Gasteiger partial charge in [0.25, 0.3) is 0 Å². The third-order valence-electron chi connectivity index (χ3n) is 4.52. The van der Waals surface area contributed by atoms with Crippen molar-refractivity contribution >= 4 is 51.5 Å².